The second-order valence-corrected chi connectivity index (χ2v) is 6.22. The molecule has 0 saturated heterocycles. The van der Waals surface area contributed by atoms with E-state index in [9.17, 15) is 4.79 Å². The molecular formula is C14H24O. The highest BCUT2D eigenvalue weighted by Gasteiger charge is 2.52. The van der Waals surface area contributed by atoms with Gasteiger partial charge in [0.15, 0.2) is 0 Å². The van der Waals surface area contributed by atoms with E-state index in [2.05, 4.69) is 27.7 Å². The molecule has 0 amide bonds. The maximum Gasteiger partial charge on any atom is 0.133 e. The van der Waals surface area contributed by atoms with Gasteiger partial charge in [0.25, 0.3) is 0 Å². The summed E-state index contributed by atoms with van der Waals surface area (Å²) in [5, 5.41) is 0. The van der Waals surface area contributed by atoms with Crippen molar-refractivity contribution in [2.24, 2.45) is 29.1 Å². The number of hydrogen-bond donors (Lipinski definition) is 0. The second kappa shape index (κ2) is 3.61. The van der Waals surface area contributed by atoms with Gasteiger partial charge in [-0.25, -0.2) is 0 Å². The number of ketones is 1. The van der Waals surface area contributed by atoms with Crippen LogP contribution in [0, 0.1) is 29.1 Å². The first-order chi connectivity index (χ1) is 6.97. The van der Waals surface area contributed by atoms with Gasteiger partial charge in [-0.05, 0) is 41.9 Å². The maximum absolute atomic E-state index is 11.6. The van der Waals surface area contributed by atoms with Crippen LogP contribution in [-0.4, -0.2) is 5.78 Å². The van der Waals surface area contributed by atoms with Crippen molar-refractivity contribution >= 4 is 5.78 Å². The van der Waals surface area contributed by atoms with E-state index in [4.69, 9.17) is 0 Å². The third-order valence-electron chi connectivity index (χ3n) is 5.66. The quantitative estimate of drug-likeness (QED) is 0.593. The molecule has 15 heavy (non-hydrogen) atoms. The standard InChI is InChI=1S/C14H24O/c1-9-7-10(2)12(4)14(11(9)3)6-5-13(15)8-14/h9-12H,5-8H2,1-4H3. The first-order valence-electron chi connectivity index (χ1n) is 6.49. The van der Waals surface area contributed by atoms with Crippen LogP contribution >= 0.6 is 0 Å². The molecule has 0 N–H and O–H groups in total. The van der Waals surface area contributed by atoms with Crippen LogP contribution in [0.15, 0.2) is 0 Å². The molecule has 86 valence electrons. The molecule has 1 nitrogen and oxygen atoms in total. The Bertz CT molecular complexity index is 255. The molecule has 1 heteroatoms. The summed E-state index contributed by atoms with van der Waals surface area (Å²) in [6.45, 7) is 9.51. The van der Waals surface area contributed by atoms with Crippen LogP contribution in [0.5, 0.6) is 0 Å². The van der Waals surface area contributed by atoms with E-state index in [1.807, 2.05) is 0 Å². The predicted molar refractivity (Wildman–Crippen MR) is 62.6 cm³/mol. The van der Waals surface area contributed by atoms with E-state index < -0.39 is 0 Å². The lowest BCUT2D eigenvalue weighted by molar-refractivity contribution is -0.119. The summed E-state index contributed by atoms with van der Waals surface area (Å²) >= 11 is 0. The minimum atomic E-state index is 0.355. The van der Waals surface area contributed by atoms with Crippen molar-refractivity contribution in [2.45, 2.75) is 53.4 Å². The van der Waals surface area contributed by atoms with E-state index in [0.29, 0.717) is 11.2 Å². The molecule has 0 radical (unpaired) electrons. The van der Waals surface area contributed by atoms with E-state index in [1.165, 1.54) is 6.42 Å². The van der Waals surface area contributed by atoms with Crippen molar-refractivity contribution in [3.05, 3.63) is 0 Å². The van der Waals surface area contributed by atoms with E-state index in [0.717, 1.165) is 42.9 Å². The van der Waals surface area contributed by atoms with Crippen LogP contribution in [0.25, 0.3) is 0 Å². The SMILES string of the molecule is CC1CC(C)C(C)C2(CCC(=O)C2)C1C. The summed E-state index contributed by atoms with van der Waals surface area (Å²) in [5.74, 6) is 3.56. The molecular weight excluding hydrogens is 184 g/mol. The lowest BCUT2D eigenvalue weighted by Crippen LogP contribution is -2.44. The zero-order chi connectivity index (χ0) is 11.2. The number of carbonyl (C=O) groups is 1. The minimum absolute atomic E-state index is 0.355. The molecule has 2 rings (SSSR count). The Morgan fingerprint density at radius 1 is 1.07 bits per heavy atom. The van der Waals surface area contributed by atoms with Gasteiger partial charge in [-0.3, -0.25) is 4.79 Å². The number of rotatable bonds is 0. The van der Waals surface area contributed by atoms with Crippen LogP contribution in [0.2, 0.25) is 0 Å². The summed E-state index contributed by atoms with van der Waals surface area (Å²) in [6.07, 6.45) is 4.21. The third kappa shape index (κ3) is 1.55. The molecule has 0 aromatic carbocycles. The van der Waals surface area contributed by atoms with E-state index in [1.54, 1.807) is 0 Å². The molecule has 0 aromatic rings. The average molecular weight is 208 g/mol. The van der Waals surface area contributed by atoms with E-state index >= 15 is 0 Å². The van der Waals surface area contributed by atoms with Crippen molar-refractivity contribution < 1.29 is 4.79 Å². The van der Waals surface area contributed by atoms with Crippen LogP contribution in [0.3, 0.4) is 0 Å². The predicted octanol–water partition coefficient (Wildman–Crippen LogP) is 3.67. The van der Waals surface area contributed by atoms with Gasteiger partial charge in [-0.1, -0.05) is 27.7 Å². The van der Waals surface area contributed by atoms with Crippen molar-refractivity contribution in [2.75, 3.05) is 0 Å². The molecule has 2 aliphatic rings. The fraction of sp³-hybridized carbons (Fsp3) is 0.929. The smallest absolute Gasteiger partial charge is 0.133 e. The van der Waals surface area contributed by atoms with Gasteiger partial charge in [0.05, 0.1) is 0 Å². The number of Topliss-reactive ketones (excluding diaryl/α,β-unsaturated/α-hetero) is 1. The van der Waals surface area contributed by atoms with Gasteiger partial charge in [0.1, 0.15) is 5.78 Å². The lowest BCUT2D eigenvalue weighted by Gasteiger charge is -2.51. The van der Waals surface area contributed by atoms with E-state index in [-0.39, 0.29) is 0 Å². The highest BCUT2D eigenvalue weighted by Crippen LogP contribution is 2.57. The Morgan fingerprint density at radius 2 is 1.60 bits per heavy atom. The molecule has 4 atom stereocenters. The summed E-state index contributed by atoms with van der Waals surface area (Å²) in [4.78, 5) is 11.6. The number of carbonyl (C=O) groups excluding carboxylic acids is 1. The molecule has 0 bridgehead atoms. The number of hydrogen-bond acceptors (Lipinski definition) is 1. The minimum Gasteiger partial charge on any atom is -0.300 e. The zero-order valence-corrected chi connectivity index (χ0v) is 10.5. The third-order valence-corrected chi connectivity index (χ3v) is 5.66. The Kier molecular flexibility index (Phi) is 2.68. The largest absolute Gasteiger partial charge is 0.300 e. The Morgan fingerprint density at radius 3 is 2.00 bits per heavy atom. The molecule has 0 heterocycles. The molecule has 0 aromatic heterocycles. The van der Waals surface area contributed by atoms with Crippen molar-refractivity contribution in [3.63, 3.8) is 0 Å². The van der Waals surface area contributed by atoms with Crippen LogP contribution in [0.1, 0.15) is 53.4 Å². The van der Waals surface area contributed by atoms with Gasteiger partial charge in [-0.2, -0.15) is 0 Å². The van der Waals surface area contributed by atoms with Gasteiger partial charge < -0.3 is 0 Å². The summed E-state index contributed by atoms with van der Waals surface area (Å²) in [5.41, 5.74) is 0.355. The monoisotopic (exact) mass is 208 g/mol. The molecule has 2 fully saturated rings. The molecule has 4 unspecified atom stereocenters. The van der Waals surface area contributed by atoms with Gasteiger partial charge in [-0.15, -0.1) is 0 Å². The first kappa shape index (κ1) is 11.2. The van der Waals surface area contributed by atoms with Crippen molar-refractivity contribution in [1.82, 2.24) is 0 Å². The van der Waals surface area contributed by atoms with Crippen molar-refractivity contribution in [1.29, 1.82) is 0 Å². The summed E-state index contributed by atoms with van der Waals surface area (Å²) in [7, 11) is 0. The highest BCUT2D eigenvalue weighted by atomic mass is 16.1. The van der Waals surface area contributed by atoms with Crippen LogP contribution in [-0.2, 0) is 4.79 Å². The normalized spacial score (nSPS) is 51.3. The zero-order valence-electron chi connectivity index (χ0n) is 10.5. The average Bonchev–Trinajstić information content (AvgIpc) is 2.57. The summed E-state index contributed by atoms with van der Waals surface area (Å²) < 4.78 is 0. The first-order valence-corrected chi connectivity index (χ1v) is 6.49. The fourth-order valence-electron chi connectivity index (χ4n) is 4.24. The fourth-order valence-corrected chi connectivity index (χ4v) is 4.24. The second-order valence-electron chi connectivity index (χ2n) is 6.22. The van der Waals surface area contributed by atoms with Crippen LogP contribution < -0.4 is 0 Å². The Hall–Kier alpha value is -0.330. The molecule has 0 aliphatic heterocycles. The van der Waals surface area contributed by atoms with Gasteiger partial charge >= 0.3 is 0 Å². The van der Waals surface area contributed by atoms with Crippen LogP contribution in [0.4, 0.5) is 0 Å². The maximum atomic E-state index is 11.6. The lowest BCUT2D eigenvalue weighted by atomic mass is 9.54. The molecule has 1 spiro atoms. The Balaban J connectivity index is 2.29. The van der Waals surface area contributed by atoms with Gasteiger partial charge in [0, 0.05) is 12.8 Å². The van der Waals surface area contributed by atoms with Crippen molar-refractivity contribution in [3.8, 4) is 0 Å². The van der Waals surface area contributed by atoms with Gasteiger partial charge in [0.2, 0.25) is 0 Å². The summed E-state index contributed by atoms with van der Waals surface area (Å²) in [6, 6.07) is 0. The Labute approximate surface area is 93.6 Å². The molecule has 2 saturated carbocycles. The molecule has 2 aliphatic carbocycles. The highest BCUT2D eigenvalue weighted by molar-refractivity contribution is 5.81. The topological polar surface area (TPSA) is 17.1 Å².